The number of nitrogens with one attached hydrogen (secondary N) is 1. The third-order valence-electron chi connectivity index (χ3n) is 6.06. The molecule has 8 nitrogen and oxygen atoms in total. The zero-order valence-electron chi connectivity index (χ0n) is 21.0. The molecule has 0 radical (unpaired) electrons. The number of aromatic nitrogens is 3. The van der Waals surface area contributed by atoms with Crippen LogP contribution in [-0.2, 0) is 16.3 Å². The zero-order valence-corrected chi connectivity index (χ0v) is 23.5. The minimum atomic E-state index is -1.13. The molecule has 194 valence electrons. The highest BCUT2D eigenvalue weighted by molar-refractivity contribution is 6.76. The third kappa shape index (κ3) is 7.35. The monoisotopic (exact) mass is 549 g/mol. The van der Waals surface area contributed by atoms with Crippen molar-refractivity contribution in [3.63, 3.8) is 0 Å². The van der Waals surface area contributed by atoms with Gasteiger partial charge in [-0.25, -0.2) is 9.97 Å². The summed E-state index contributed by atoms with van der Waals surface area (Å²) in [5, 5.41) is 4.99. The SMILES string of the molecule is C[Si](C)(C)CCOCn1ccc2c(O[C@@H]3CCCN(C(=O)CNc4cc(Cl)cc(Cl)c4)C3)ncnc21. The van der Waals surface area contributed by atoms with E-state index in [1.165, 1.54) is 6.33 Å². The number of halogens is 2. The number of nitrogens with zero attached hydrogens (tertiary/aromatic N) is 4. The fraction of sp³-hybridized carbons (Fsp3) is 0.480. The van der Waals surface area contributed by atoms with Gasteiger partial charge in [0.1, 0.15) is 24.8 Å². The molecular formula is C25H33Cl2N5O3Si. The van der Waals surface area contributed by atoms with Crippen molar-refractivity contribution in [1.29, 1.82) is 0 Å². The molecular weight excluding hydrogens is 517 g/mol. The van der Waals surface area contributed by atoms with Crippen molar-refractivity contribution in [2.24, 2.45) is 0 Å². The van der Waals surface area contributed by atoms with Crippen LogP contribution in [0, 0.1) is 0 Å². The first-order chi connectivity index (χ1) is 17.2. The molecule has 1 aromatic carbocycles. The first-order valence-electron chi connectivity index (χ1n) is 12.2. The molecule has 0 saturated carbocycles. The van der Waals surface area contributed by atoms with Crippen molar-refractivity contribution in [2.45, 2.75) is 51.4 Å². The molecule has 4 rings (SSSR count). The van der Waals surface area contributed by atoms with Crippen molar-refractivity contribution in [1.82, 2.24) is 19.4 Å². The van der Waals surface area contributed by atoms with Gasteiger partial charge in [0.25, 0.3) is 0 Å². The molecule has 0 spiro atoms. The topological polar surface area (TPSA) is 81.5 Å². The van der Waals surface area contributed by atoms with Crippen LogP contribution in [0.4, 0.5) is 5.69 Å². The van der Waals surface area contributed by atoms with E-state index in [2.05, 4.69) is 34.9 Å². The second-order valence-corrected chi connectivity index (χ2v) is 16.8. The number of ether oxygens (including phenoxy) is 2. The third-order valence-corrected chi connectivity index (χ3v) is 8.20. The van der Waals surface area contributed by atoms with Crippen LogP contribution in [-0.4, -0.2) is 65.8 Å². The molecule has 3 aromatic rings. The second-order valence-electron chi connectivity index (χ2n) is 10.3. The fourth-order valence-corrected chi connectivity index (χ4v) is 5.37. The molecule has 36 heavy (non-hydrogen) atoms. The Morgan fingerprint density at radius 1 is 1.19 bits per heavy atom. The lowest BCUT2D eigenvalue weighted by Gasteiger charge is -2.32. The van der Waals surface area contributed by atoms with E-state index in [0.29, 0.717) is 41.4 Å². The molecule has 0 unspecified atom stereocenters. The number of benzene rings is 1. The van der Waals surface area contributed by atoms with Crippen LogP contribution in [0.3, 0.4) is 0 Å². The predicted octanol–water partition coefficient (Wildman–Crippen LogP) is 5.53. The maximum atomic E-state index is 12.8. The molecule has 1 atom stereocenters. The minimum Gasteiger partial charge on any atom is -0.472 e. The molecule has 1 N–H and O–H groups in total. The highest BCUT2D eigenvalue weighted by Gasteiger charge is 2.26. The summed E-state index contributed by atoms with van der Waals surface area (Å²) < 4.78 is 14.1. The molecule has 1 saturated heterocycles. The number of amides is 1. The van der Waals surface area contributed by atoms with Gasteiger partial charge >= 0.3 is 0 Å². The minimum absolute atomic E-state index is 0.00569. The van der Waals surface area contributed by atoms with Crippen LogP contribution in [0.15, 0.2) is 36.8 Å². The van der Waals surface area contributed by atoms with E-state index in [4.69, 9.17) is 32.7 Å². The number of fused-ring (bicyclic) bond motifs is 1. The van der Waals surface area contributed by atoms with Crippen molar-refractivity contribution in [2.75, 3.05) is 31.6 Å². The summed E-state index contributed by atoms with van der Waals surface area (Å²) in [7, 11) is -1.13. The summed E-state index contributed by atoms with van der Waals surface area (Å²) in [5.74, 6) is 0.528. The van der Waals surface area contributed by atoms with Gasteiger partial charge in [0, 0.05) is 43.2 Å². The van der Waals surface area contributed by atoms with Crippen LogP contribution in [0.5, 0.6) is 5.88 Å². The molecule has 2 aromatic heterocycles. The maximum Gasteiger partial charge on any atom is 0.241 e. The number of hydrogen-bond donors (Lipinski definition) is 1. The summed E-state index contributed by atoms with van der Waals surface area (Å²) in [4.78, 5) is 23.5. The van der Waals surface area contributed by atoms with E-state index < -0.39 is 8.07 Å². The smallest absolute Gasteiger partial charge is 0.241 e. The summed E-state index contributed by atoms with van der Waals surface area (Å²) >= 11 is 12.1. The maximum absolute atomic E-state index is 12.8. The highest BCUT2D eigenvalue weighted by Crippen LogP contribution is 2.26. The molecule has 0 aliphatic carbocycles. The van der Waals surface area contributed by atoms with Crippen LogP contribution < -0.4 is 10.1 Å². The lowest BCUT2D eigenvalue weighted by atomic mass is 10.1. The van der Waals surface area contributed by atoms with E-state index in [0.717, 1.165) is 36.5 Å². The molecule has 1 aliphatic heterocycles. The Balaban J connectivity index is 1.33. The number of carbonyl (C=O) groups is 1. The molecule has 0 bridgehead atoms. The number of hydrogen-bond acceptors (Lipinski definition) is 6. The van der Waals surface area contributed by atoms with E-state index in [1.54, 1.807) is 18.2 Å². The highest BCUT2D eigenvalue weighted by atomic mass is 35.5. The normalized spacial score (nSPS) is 16.4. The van der Waals surface area contributed by atoms with E-state index in [1.807, 2.05) is 21.7 Å². The van der Waals surface area contributed by atoms with Crippen molar-refractivity contribution >= 4 is 53.9 Å². The number of anilines is 1. The van der Waals surface area contributed by atoms with Crippen molar-refractivity contribution in [3.8, 4) is 5.88 Å². The lowest BCUT2D eigenvalue weighted by molar-refractivity contribution is -0.131. The van der Waals surface area contributed by atoms with Gasteiger partial charge in [-0.15, -0.1) is 0 Å². The summed E-state index contributed by atoms with van der Waals surface area (Å²) in [6.45, 7) is 9.56. The molecule has 1 fully saturated rings. The lowest BCUT2D eigenvalue weighted by Crippen LogP contribution is -2.46. The van der Waals surface area contributed by atoms with Crippen LogP contribution in [0.25, 0.3) is 11.0 Å². The Morgan fingerprint density at radius 2 is 1.97 bits per heavy atom. The van der Waals surface area contributed by atoms with E-state index >= 15 is 0 Å². The molecule has 1 amide bonds. The summed E-state index contributed by atoms with van der Waals surface area (Å²) in [6, 6.07) is 8.22. The van der Waals surface area contributed by atoms with Gasteiger partial charge in [0.05, 0.1) is 18.5 Å². The summed E-state index contributed by atoms with van der Waals surface area (Å²) in [5.41, 5.74) is 1.49. The molecule has 1 aliphatic rings. The molecule has 3 heterocycles. The Bertz CT molecular complexity index is 1180. The average molecular weight is 551 g/mol. The van der Waals surface area contributed by atoms with E-state index in [-0.39, 0.29) is 18.6 Å². The zero-order chi connectivity index (χ0) is 25.7. The Labute approximate surface area is 222 Å². The van der Waals surface area contributed by atoms with E-state index in [9.17, 15) is 4.79 Å². The average Bonchev–Trinajstić information content (AvgIpc) is 3.23. The molecule has 11 heteroatoms. The van der Waals surface area contributed by atoms with Crippen LogP contribution in [0.1, 0.15) is 12.8 Å². The fourth-order valence-electron chi connectivity index (χ4n) is 4.08. The number of likely N-dealkylation sites (tertiary alicyclic amines) is 1. The Hall–Kier alpha value is -2.33. The Morgan fingerprint density at radius 3 is 2.72 bits per heavy atom. The second kappa shape index (κ2) is 11.8. The Kier molecular flexibility index (Phi) is 8.77. The van der Waals surface area contributed by atoms with Gasteiger partial charge in [0.15, 0.2) is 0 Å². The van der Waals surface area contributed by atoms with Gasteiger partial charge in [-0.3, -0.25) is 4.79 Å². The van der Waals surface area contributed by atoms with Gasteiger partial charge < -0.3 is 24.3 Å². The standard InChI is InChI=1S/C25H33Cl2N5O3Si/c1-36(2,3)10-9-34-17-32-8-6-22-24(32)29-16-30-25(22)35-21-5-4-7-31(15-21)23(33)14-28-20-12-18(26)11-19(27)13-20/h6,8,11-13,16,21,28H,4-5,7,9-10,14-15,17H2,1-3H3/t21-/m1/s1. The first kappa shape index (κ1) is 26.7. The predicted molar refractivity (Wildman–Crippen MR) is 147 cm³/mol. The largest absolute Gasteiger partial charge is 0.472 e. The quantitative estimate of drug-likeness (QED) is 0.264. The van der Waals surface area contributed by atoms with Gasteiger partial charge in [-0.1, -0.05) is 42.8 Å². The summed E-state index contributed by atoms with van der Waals surface area (Å²) in [6.07, 6.45) is 5.04. The number of rotatable bonds is 10. The van der Waals surface area contributed by atoms with Crippen molar-refractivity contribution < 1.29 is 14.3 Å². The van der Waals surface area contributed by atoms with Crippen LogP contribution >= 0.6 is 23.2 Å². The van der Waals surface area contributed by atoms with Gasteiger partial charge in [-0.05, 0) is 43.2 Å². The first-order valence-corrected chi connectivity index (χ1v) is 16.7. The van der Waals surface area contributed by atoms with Gasteiger partial charge in [0.2, 0.25) is 11.8 Å². The van der Waals surface area contributed by atoms with Gasteiger partial charge in [-0.2, -0.15) is 0 Å². The number of piperidine rings is 1. The number of carbonyl (C=O) groups excluding carboxylic acids is 1. The van der Waals surface area contributed by atoms with Crippen LogP contribution in [0.2, 0.25) is 35.7 Å². The van der Waals surface area contributed by atoms with Crippen molar-refractivity contribution in [3.05, 3.63) is 46.8 Å².